The molecule has 82 heavy (non-hydrogen) atoms. The fourth-order valence-corrected chi connectivity index (χ4v) is 1060. The van der Waals surface area contributed by atoms with Crippen LogP contribution in [0.1, 0.15) is 173 Å². The Morgan fingerprint density at radius 3 is 1.38 bits per heavy atom. The van der Waals surface area contributed by atoms with Gasteiger partial charge in [0.1, 0.15) is 0 Å². The number of halogens is 12. The van der Waals surface area contributed by atoms with Crippen molar-refractivity contribution < 1.29 is 13.3 Å². The summed E-state index contributed by atoms with van der Waals surface area (Å²) in [7, 11) is -1.16. The van der Waals surface area contributed by atoms with Crippen molar-refractivity contribution in [2.24, 2.45) is 5.41 Å². The van der Waals surface area contributed by atoms with Crippen LogP contribution in [0.4, 0.5) is 34.1 Å². The summed E-state index contributed by atoms with van der Waals surface area (Å²) in [6.07, 6.45) is 12.1. The molecular weight excluding hydrogens is 2280 g/mol. The molecule has 4 unspecified atom stereocenters. The average molecular weight is 2360 g/mol. The second-order valence-electron chi connectivity index (χ2n) is 26.4. The number of para-hydroxylation sites is 3. The quantitative estimate of drug-likeness (QED) is 0.148. The molecule has 0 spiro atoms. The summed E-state index contributed by atoms with van der Waals surface area (Å²) < 4.78 is 0. The molecule has 0 saturated heterocycles. The van der Waals surface area contributed by atoms with Crippen LogP contribution >= 0.6 is 155 Å². The van der Waals surface area contributed by atoms with Crippen LogP contribution in [0.5, 0.6) is 0 Å². The predicted octanol–water partition coefficient (Wildman–Crippen LogP) is 24.7. The van der Waals surface area contributed by atoms with Crippen molar-refractivity contribution in [3.8, 4) is 0 Å². The van der Waals surface area contributed by atoms with E-state index in [1.165, 1.54) is 120 Å². The van der Waals surface area contributed by atoms with Crippen LogP contribution in [0.3, 0.4) is 0 Å². The summed E-state index contributed by atoms with van der Waals surface area (Å²) in [4.78, 5) is 7.74. The van der Waals surface area contributed by atoms with Crippen molar-refractivity contribution in [1.82, 2.24) is 0 Å². The molecule has 3 heterocycles. The van der Waals surface area contributed by atoms with Gasteiger partial charge in [0.25, 0.3) is 0 Å². The molecule has 2 fully saturated rings. The minimum atomic E-state index is -0.355. The van der Waals surface area contributed by atoms with E-state index in [1.54, 1.807) is 11.1 Å². The Bertz CT molecular complexity index is 3270. The van der Waals surface area contributed by atoms with Gasteiger partial charge < -0.3 is 14.7 Å². The number of anilines is 6. The normalized spacial score (nSPS) is 25.9. The van der Waals surface area contributed by atoms with Gasteiger partial charge in [0.05, 0.1) is 5.54 Å². The summed E-state index contributed by atoms with van der Waals surface area (Å²) in [6, 6.07) is 49.5. The number of nitrogens with zero attached hydrogens (tertiary/aromatic N) is 3. The molecule has 450 valence electrons. The molecular formula is C67H82ClI11N3-. The molecule has 4 atom stereocenters. The standard InChI is InChI=1S/C33H40N2.C19H22ClN.C15H20.I11/c1-23-20-24(34-28-16-10-8-14-26(28)30(2,3)31(34,4)5)22-25(21-23)35-29-17-11-9-15-27(29)32(6)18-12-13-19-33(32,35)7;1-13-10-14(20)12-15(11-13)21-17-9-7-6-8-16(17)18(2,3)19(21,4)5;1-14-9-5-6-10-15(14,2)13-8-4-3-7-12(13)11-14;1-7-9(4)11(6)10(5)8(2)3/h8-11,14-17,20-22H,12-13,18-19H2,1-7H3;6-12H,1-5H3;3-4,7-8H,5-6,9-11H2,1-2H3;/q;;;-1. The average Bonchev–Trinajstić information content (AvgIpc) is 3.87. The van der Waals surface area contributed by atoms with Gasteiger partial charge in [0, 0.05) is 66.5 Å². The van der Waals surface area contributed by atoms with Crippen LogP contribution < -0.4 is 28.0 Å². The van der Waals surface area contributed by atoms with E-state index in [1.807, 2.05) is 6.07 Å². The summed E-state index contributed by atoms with van der Waals surface area (Å²) in [5.41, 5.74) is 19.3. The molecule has 0 radical (unpaired) electrons. The number of hydrogen-bond donors (Lipinski definition) is 0. The van der Waals surface area contributed by atoms with E-state index in [2.05, 4.69) is 351 Å². The summed E-state index contributed by atoms with van der Waals surface area (Å²) in [5.74, 6) is 0. The molecule has 6 aromatic rings. The van der Waals surface area contributed by atoms with Gasteiger partial charge in [0.15, 0.2) is 0 Å². The third-order valence-corrected chi connectivity index (χ3v) is 600. The third-order valence-electron chi connectivity index (χ3n) is 21.1. The molecule has 15 heteroatoms. The first-order valence-electron chi connectivity index (χ1n) is 28.5. The Balaban J connectivity index is 0.000000146. The predicted molar refractivity (Wildman–Crippen MR) is 446 cm³/mol. The maximum absolute atomic E-state index is 6.29. The van der Waals surface area contributed by atoms with Crippen molar-refractivity contribution in [1.29, 1.82) is 0 Å². The van der Waals surface area contributed by atoms with Gasteiger partial charge in [-0.05, 0) is 185 Å². The molecule has 0 amide bonds. The van der Waals surface area contributed by atoms with E-state index in [0.29, 0.717) is 24.1 Å². The van der Waals surface area contributed by atoms with Crippen molar-refractivity contribution in [3.05, 3.63) is 177 Å². The summed E-state index contributed by atoms with van der Waals surface area (Å²) in [5, 5.41) is 0.794. The zero-order chi connectivity index (χ0) is 59.8. The second-order valence-corrected chi connectivity index (χ2v) is 238. The van der Waals surface area contributed by atoms with E-state index in [-0.39, 0.29) is 64.4 Å². The Morgan fingerprint density at radius 2 is 0.866 bits per heavy atom. The molecule has 2 saturated carbocycles. The van der Waals surface area contributed by atoms with Crippen LogP contribution in [-0.4, -0.2) is 16.6 Å². The molecule has 3 aliphatic carbocycles. The van der Waals surface area contributed by atoms with Crippen molar-refractivity contribution in [3.63, 3.8) is 0 Å². The van der Waals surface area contributed by atoms with E-state index in [0.717, 1.165) is 5.02 Å². The first-order chi connectivity index (χ1) is 38.4. The Hall–Kier alpha value is 3.04. The molecule has 3 aliphatic heterocycles. The second kappa shape index (κ2) is 27.2. The first-order valence-corrected chi connectivity index (χ1v) is 91.8. The fraction of sp³-hybridized carbons (Fsp3) is 0.463. The molecule has 12 rings (SSSR count). The first kappa shape index (κ1) is 69.4. The van der Waals surface area contributed by atoms with Crippen molar-refractivity contribution >= 4 is 189 Å². The Morgan fingerprint density at radius 1 is 0.451 bits per heavy atom. The van der Waals surface area contributed by atoms with Crippen LogP contribution in [0.2, 0.25) is 5.02 Å². The van der Waals surface area contributed by atoms with Crippen molar-refractivity contribution in [2.45, 2.75) is 193 Å². The molecule has 0 aromatic heterocycles. The van der Waals surface area contributed by atoms with Gasteiger partial charge >= 0.3 is 157 Å². The number of fused-ring (bicyclic) bond motifs is 8. The van der Waals surface area contributed by atoms with Gasteiger partial charge in [-0.25, -0.2) is 0 Å². The monoisotopic (exact) mass is 2360 g/mol. The number of aryl methyl sites for hydroxylation is 2. The minimum absolute atomic E-state index is 0.0200. The van der Waals surface area contributed by atoms with E-state index in [9.17, 15) is 0 Å². The Labute approximate surface area is 581 Å². The van der Waals surface area contributed by atoms with Gasteiger partial charge in [-0.3, -0.25) is 0 Å². The van der Waals surface area contributed by atoms with Gasteiger partial charge in [0.2, 0.25) is 0 Å². The SMILES string of the molecule is CC12CCCCC1(C)c1ccccc1C2.Cc1cc(Cl)cc(N2c3ccccc3C(C)(C)C2(C)C)c1.Cc1cc(N2c3ccccc3C(C)(C)C2(C)C)cc(N2c3ccccc3C3(C)CCCCC23C)c1.I[I-]I(I)I(I)I(I)I(I)I. The van der Waals surface area contributed by atoms with E-state index >= 15 is 0 Å². The molecule has 0 N–H and O–H groups in total. The maximum atomic E-state index is 6.29. The molecule has 6 aliphatic rings. The van der Waals surface area contributed by atoms with Crippen LogP contribution in [0.15, 0.2) is 133 Å². The fourth-order valence-electron chi connectivity index (χ4n) is 15.1. The van der Waals surface area contributed by atoms with Crippen LogP contribution in [-0.2, 0) is 28.1 Å². The summed E-state index contributed by atoms with van der Waals surface area (Å²) >= 11 is 24.1. The zero-order valence-electron chi connectivity index (χ0n) is 49.9. The number of rotatable bonds is 7. The van der Waals surface area contributed by atoms with Gasteiger partial charge in [-0.15, -0.1) is 0 Å². The van der Waals surface area contributed by atoms with E-state index in [4.69, 9.17) is 11.6 Å². The number of hydrogen-bond acceptors (Lipinski definition) is 3. The topological polar surface area (TPSA) is 9.72 Å². The molecule has 0 bridgehead atoms. The Kier molecular flexibility index (Phi) is 23.0. The van der Waals surface area contributed by atoms with Crippen LogP contribution in [0, 0.1) is 19.3 Å². The van der Waals surface area contributed by atoms with Gasteiger partial charge in [-0.1, -0.05) is 165 Å². The molecule has 3 nitrogen and oxygen atoms in total. The molecule has 6 aromatic carbocycles. The van der Waals surface area contributed by atoms with Gasteiger partial charge in [-0.2, -0.15) is 0 Å². The van der Waals surface area contributed by atoms with Crippen molar-refractivity contribution in [2.75, 3.05) is 14.7 Å². The number of benzene rings is 6. The van der Waals surface area contributed by atoms with Crippen LogP contribution in [0.25, 0.3) is 0 Å². The summed E-state index contributed by atoms with van der Waals surface area (Å²) in [6.45, 7) is 33.3. The zero-order valence-corrected chi connectivity index (χ0v) is 74.4. The third kappa shape index (κ3) is 12.7. The van der Waals surface area contributed by atoms with E-state index < -0.39 is 0 Å².